The number of nitrogens with zero attached hydrogens (tertiary/aromatic N) is 1. The van der Waals surface area contributed by atoms with Crippen molar-refractivity contribution in [3.63, 3.8) is 0 Å². The van der Waals surface area contributed by atoms with Crippen LogP contribution < -0.4 is 10.2 Å². The second kappa shape index (κ2) is 6.08. The van der Waals surface area contributed by atoms with E-state index in [1.165, 1.54) is 4.90 Å². The van der Waals surface area contributed by atoms with E-state index in [1.54, 1.807) is 6.07 Å². The van der Waals surface area contributed by atoms with Gasteiger partial charge in [-0.15, -0.1) is 0 Å². The molecule has 2 aromatic carbocycles. The summed E-state index contributed by atoms with van der Waals surface area (Å²) in [6.07, 6.45) is 0. The molecule has 5 heteroatoms. The summed E-state index contributed by atoms with van der Waals surface area (Å²) in [6, 6.07) is 13.4. The fraction of sp³-hybridized carbons (Fsp3) is 0.222. The van der Waals surface area contributed by atoms with Gasteiger partial charge in [0.25, 0.3) is 11.1 Å². The number of amides is 2. The summed E-state index contributed by atoms with van der Waals surface area (Å²) >= 11 is 1.02. The molecule has 4 nitrogen and oxygen atoms in total. The molecule has 2 aromatic rings. The van der Waals surface area contributed by atoms with E-state index < -0.39 is 5.37 Å². The number of carbonyl (C=O) groups excluding carboxylic acids is 2. The van der Waals surface area contributed by atoms with Crippen molar-refractivity contribution in [2.24, 2.45) is 0 Å². The lowest BCUT2D eigenvalue weighted by atomic mass is 10.1. The van der Waals surface area contributed by atoms with Gasteiger partial charge in [0.05, 0.1) is 5.69 Å². The third-order valence-corrected chi connectivity index (χ3v) is 4.72. The van der Waals surface area contributed by atoms with Crippen molar-refractivity contribution in [1.82, 2.24) is 0 Å². The summed E-state index contributed by atoms with van der Waals surface area (Å²) in [7, 11) is 0. The van der Waals surface area contributed by atoms with Crippen LogP contribution in [0, 0.1) is 20.8 Å². The van der Waals surface area contributed by atoms with Crippen LogP contribution in [0.15, 0.2) is 42.5 Å². The van der Waals surface area contributed by atoms with Crippen LogP contribution in [0.2, 0.25) is 0 Å². The number of anilines is 2. The molecule has 2 amide bonds. The Morgan fingerprint density at radius 2 is 1.74 bits per heavy atom. The minimum atomic E-state index is -0.594. The molecule has 1 atom stereocenters. The van der Waals surface area contributed by atoms with E-state index in [1.807, 2.05) is 57.2 Å². The van der Waals surface area contributed by atoms with Crippen molar-refractivity contribution in [3.8, 4) is 0 Å². The Bertz CT molecular complexity index is 788. The Balaban J connectivity index is 1.85. The normalized spacial score (nSPS) is 17.7. The number of benzene rings is 2. The highest BCUT2D eigenvalue weighted by Gasteiger charge is 2.40. The van der Waals surface area contributed by atoms with Crippen LogP contribution in [-0.4, -0.2) is 16.5 Å². The fourth-order valence-corrected chi connectivity index (χ4v) is 3.43. The topological polar surface area (TPSA) is 49.4 Å². The van der Waals surface area contributed by atoms with Crippen LogP contribution in [0.5, 0.6) is 0 Å². The summed E-state index contributed by atoms with van der Waals surface area (Å²) in [5.74, 6) is -0.230. The Hall–Kier alpha value is -2.27. The number of hydrogen-bond donors (Lipinski definition) is 1. The van der Waals surface area contributed by atoms with Crippen molar-refractivity contribution >= 4 is 34.3 Å². The number of nitrogens with one attached hydrogen (secondary N) is 1. The van der Waals surface area contributed by atoms with Crippen LogP contribution in [0.3, 0.4) is 0 Å². The van der Waals surface area contributed by atoms with Gasteiger partial charge in [-0.25, -0.2) is 4.90 Å². The zero-order chi connectivity index (χ0) is 16.6. The van der Waals surface area contributed by atoms with Gasteiger partial charge in [0, 0.05) is 5.69 Å². The Labute approximate surface area is 139 Å². The number of carbonyl (C=O) groups is 2. The molecule has 0 bridgehead atoms. The number of hydrogen-bond acceptors (Lipinski definition) is 4. The van der Waals surface area contributed by atoms with Crippen LogP contribution in [0.1, 0.15) is 16.7 Å². The lowest BCUT2D eigenvalue weighted by Crippen LogP contribution is -2.34. The van der Waals surface area contributed by atoms with Gasteiger partial charge in [0.2, 0.25) is 0 Å². The van der Waals surface area contributed by atoms with Crippen LogP contribution in [0.25, 0.3) is 0 Å². The summed E-state index contributed by atoms with van der Waals surface area (Å²) < 4.78 is 0. The summed E-state index contributed by atoms with van der Waals surface area (Å²) in [5.41, 5.74) is 4.67. The molecule has 0 aliphatic carbocycles. The van der Waals surface area contributed by atoms with E-state index in [0.717, 1.165) is 34.1 Å². The quantitative estimate of drug-likeness (QED) is 0.916. The molecule has 0 spiro atoms. The maximum Gasteiger partial charge on any atom is 0.295 e. The van der Waals surface area contributed by atoms with E-state index in [2.05, 4.69) is 5.32 Å². The first-order chi connectivity index (χ1) is 11.0. The van der Waals surface area contributed by atoms with E-state index in [-0.39, 0.29) is 11.1 Å². The SMILES string of the molecule is Cc1cccc(N2C(=O)SC(Nc3cc(C)ccc3C)C2=O)c1. The van der Waals surface area contributed by atoms with Crippen LogP contribution >= 0.6 is 11.8 Å². The molecule has 0 aromatic heterocycles. The minimum absolute atomic E-state index is 0.230. The number of rotatable bonds is 3. The maximum atomic E-state index is 12.7. The largest absolute Gasteiger partial charge is 0.365 e. The molecule has 118 valence electrons. The molecule has 1 aliphatic heterocycles. The van der Waals surface area contributed by atoms with Gasteiger partial charge in [-0.1, -0.05) is 24.3 Å². The zero-order valence-corrected chi connectivity index (χ0v) is 14.1. The van der Waals surface area contributed by atoms with Gasteiger partial charge in [0.15, 0.2) is 5.37 Å². The Morgan fingerprint density at radius 1 is 1.00 bits per heavy atom. The smallest absolute Gasteiger partial charge is 0.295 e. The fourth-order valence-electron chi connectivity index (χ4n) is 2.53. The molecular weight excluding hydrogens is 308 g/mol. The van der Waals surface area contributed by atoms with Crippen molar-refractivity contribution in [3.05, 3.63) is 59.2 Å². The number of aryl methyl sites for hydroxylation is 3. The molecule has 0 saturated carbocycles. The Kier molecular flexibility index (Phi) is 4.13. The Morgan fingerprint density at radius 3 is 2.48 bits per heavy atom. The summed E-state index contributed by atoms with van der Waals surface area (Å²) in [4.78, 5) is 26.2. The molecule has 23 heavy (non-hydrogen) atoms. The molecule has 1 fully saturated rings. The van der Waals surface area contributed by atoms with E-state index >= 15 is 0 Å². The lowest BCUT2D eigenvalue weighted by molar-refractivity contribution is -0.116. The zero-order valence-electron chi connectivity index (χ0n) is 13.3. The van der Waals surface area contributed by atoms with E-state index in [9.17, 15) is 9.59 Å². The molecule has 1 unspecified atom stereocenters. The van der Waals surface area contributed by atoms with Crippen molar-refractivity contribution in [2.45, 2.75) is 26.1 Å². The van der Waals surface area contributed by atoms with E-state index in [0.29, 0.717) is 5.69 Å². The third kappa shape index (κ3) is 3.10. The van der Waals surface area contributed by atoms with Crippen LogP contribution in [0.4, 0.5) is 16.2 Å². The highest BCUT2D eigenvalue weighted by Crippen LogP contribution is 2.33. The van der Waals surface area contributed by atoms with Gasteiger partial charge < -0.3 is 5.32 Å². The van der Waals surface area contributed by atoms with Crippen molar-refractivity contribution in [1.29, 1.82) is 0 Å². The van der Waals surface area contributed by atoms with Gasteiger partial charge in [-0.05, 0) is 67.4 Å². The van der Waals surface area contributed by atoms with Gasteiger partial charge in [0.1, 0.15) is 0 Å². The summed E-state index contributed by atoms with van der Waals surface area (Å²) in [6.45, 7) is 5.91. The molecule has 1 N–H and O–H groups in total. The average molecular weight is 326 g/mol. The van der Waals surface area contributed by atoms with E-state index in [4.69, 9.17) is 0 Å². The van der Waals surface area contributed by atoms with Gasteiger partial charge in [-0.2, -0.15) is 0 Å². The standard InChI is InChI=1S/C18H18N2O2S/c1-11-5-4-6-14(9-11)20-17(21)16(23-18(20)22)19-15-10-12(2)7-8-13(15)3/h4-10,16,19H,1-3H3. The minimum Gasteiger partial charge on any atom is -0.365 e. The summed E-state index contributed by atoms with van der Waals surface area (Å²) in [5, 5.41) is 2.35. The third-order valence-electron chi connectivity index (χ3n) is 3.79. The highest BCUT2D eigenvalue weighted by atomic mass is 32.2. The molecule has 3 rings (SSSR count). The first-order valence-corrected chi connectivity index (χ1v) is 8.29. The predicted molar refractivity (Wildman–Crippen MR) is 95.0 cm³/mol. The van der Waals surface area contributed by atoms with Gasteiger partial charge in [-0.3, -0.25) is 9.59 Å². The van der Waals surface area contributed by atoms with Crippen molar-refractivity contribution in [2.75, 3.05) is 10.2 Å². The van der Waals surface area contributed by atoms with Gasteiger partial charge >= 0.3 is 0 Å². The number of imide groups is 1. The predicted octanol–water partition coefficient (Wildman–Crippen LogP) is 4.25. The first kappa shape index (κ1) is 15.6. The van der Waals surface area contributed by atoms with Crippen LogP contribution in [-0.2, 0) is 4.79 Å². The molecular formula is C18H18N2O2S. The molecule has 1 aliphatic rings. The molecule has 1 heterocycles. The molecule has 0 radical (unpaired) electrons. The lowest BCUT2D eigenvalue weighted by Gasteiger charge is -2.16. The average Bonchev–Trinajstić information content (AvgIpc) is 2.77. The second-order valence-electron chi connectivity index (χ2n) is 5.74. The second-order valence-corrected chi connectivity index (χ2v) is 6.80. The number of thioether (sulfide) groups is 1. The maximum absolute atomic E-state index is 12.7. The highest BCUT2D eigenvalue weighted by molar-refractivity contribution is 8.16. The first-order valence-electron chi connectivity index (χ1n) is 7.41. The monoisotopic (exact) mass is 326 g/mol. The molecule has 1 saturated heterocycles. The van der Waals surface area contributed by atoms with Crippen molar-refractivity contribution < 1.29 is 9.59 Å².